The number of hydrogen-bond donors (Lipinski definition) is 3. The predicted molar refractivity (Wildman–Crippen MR) is 261 cm³/mol. The van der Waals surface area contributed by atoms with Crippen molar-refractivity contribution in [2.45, 2.75) is 181 Å². The SMILES string of the molecule is [2H]C([2H])(O)C([2H])([2H])O[C@@H]1CC[C@@H](C[C@@H](C)[C@@H]2CC(=O)[C@H](C)/C=C(\C)[C@@H](O)[C@@H](OC)C(=O)[C@H](C)C([2H])(C)[C@]([2H])(C)/C=C/C=C/C=C(\C)[C@@H](OC)C[C@@H]3CC[C@@H](C)[C@@](O)(O3)C(=O)C(=O)N3CCCC[C@H]3C(=O)O2)C[C@H]1OC. The first-order chi connectivity index (χ1) is 34.8. The molecular weight excluding hydrogens is 887 g/mol. The van der Waals surface area contributed by atoms with E-state index in [9.17, 15) is 40.7 Å². The first-order valence-electron chi connectivity index (χ1n) is 27.7. The predicted octanol–water partition coefficient (Wildman–Crippen LogP) is 6.44. The van der Waals surface area contributed by atoms with E-state index >= 15 is 0 Å². The van der Waals surface area contributed by atoms with E-state index in [1.54, 1.807) is 45.1 Å². The van der Waals surface area contributed by atoms with E-state index in [1.807, 2.05) is 6.92 Å². The van der Waals surface area contributed by atoms with Gasteiger partial charge in [0.2, 0.25) is 5.79 Å². The summed E-state index contributed by atoms with van der Waals surface area (Å²) in [6.45, 7) is 6.54. The van der Waals surface area contributed by atoms with Gasteiger partial charge in [-0.25, -0.2) is 4.79 Å². The lowest BCUT2D eigenvalue weighted by Crippen LogP contribution is -2.61. The summed E-state index contributed by atoms with van der Waals surface area (Å²) < 4.78 is 84.3. The molecule has 0 aromatic rings. The van der Waals surface area contributed by atoms with E-state index in [0.717, 1.165) is 10.5 Å². The molecule has 4 aliphatic rings. The highest BCUT2D eigenvalue weighted by Crippen LogP contribution is 2.38. The summed E-state index contributed by atoms with van der Waals surface area (Å²) in [5, 5.41) is 33.4. The molecule has 2 bridgehead atoms. The highest BCUT2D eigenvalue weighted by molar-refractivity contribution is 6.39. The Hall–Kier alpha value is -3.41. The summed E-state index contributed by atoms with van der Waals surface area (Å²) in [5.41, 5.74) is 0.976. The van der Waals surface area contributed by atoms with Gasteiger partial charge in [0, 0.05) is 61.2 Å². The second-order valence-corrected chi connectivity index (χ2v) is 19.8. The third-order valence-electron chi connectivity index (χ3n) is 15.1. The number of cyclic esters (lactones) is 1. The van der Waals surface area contributed by atoms with Gasteiger partial charge in [-0.2, -0.15) is 0 Å². The molecule has 4 rings (SSSR count). The monoisotopic (exact) mass is 978 g/mol. The van der Waals surface area contributed by atoms with Crippen LogP contribution in [-0.4, -0.2) is 145 Å². The lowest BCUT2D eigenvalue weighted by Gasteiger charge is -2.42. The second kappa shape index (κ2) is 27.4. The lowest BCUT2D eigenvalue weighted by molar-refractivity contribution is -0.265. The number of amides is 1. The van der Waals surface area contributed by atoms with Crippen LogP contribution in [0.15, 0.2) is 47.6 Å². The zero-order valence-electron chi connectivity index (χ0n) is 48.7. The second-order valence-electron chi connectivity index (χ2n) is 19.8. The highest BCUT2D eigenvalue weighted by Gasteiger charge is 2.53. The van der Waals surface area contributed by atoms with Gasteiger partial charge in [0.25, 0.3) is 11.7 Å². The molecule has 15 nitrogen and oxygen atoms in total. The maximum atomic E-state index is 14.5. The van der Waals surface area contributed by atoms with Gasteiger partial charge in [-0.15, -0.1) is 0 Å². The fraction of sp³-hybridized carbons (Fsp3) is 0.759. The van der Waals surface area contributed by atoms with Gasteiger partial charge in [0.1, 0.15) is 30.1 Å². The Balaban J connectivity index is 1.75. The summed E-state index contributed by atoms with van der Waals surface area (Å²) in [6, 6.07) is -1.25. The number of Topliss-reactive ketones (excluding diaryl/α,β-unsaturated/α-hetero) is 3. The smallest absolute Gasteiger partial charge is 0.329 e. The van der Waals surface area contributed by atoms with Crippen LogP contribution in [-0.2, 0) is 52.4 Å². The standard InChI is InChI=1S/C54H85NO14/c1-32-17-13-12-14-18-33(2)45(64-9)30-41-22-20-37(6)54(63,69-41)51(60)52(61)55-24-16-15-19-42(55)53(62)68-46(35(4)28-40-21-23-44(67-26-25-56)47(29-40)65-10)31-43(57)34(3)27-36(5)48(58)50(66-11)49(59)39(8)38(32)7/h12-14,17-18,27,32,34-35,37-42,44-48,50,56,58,63H,15-16,19-26,28-31H2,1-11H3/b14-12+,17-13+,33-18+,36-27+/t32-,34-,35-,37-,38?,39-,40+,41+,42+,44-,45+,46+,47-,48-,50-,54-/m1/s1/i25D2,26D2,32D,38D. The van der Waals surface area contributed by atoms with E-state index in [4.69, 9.17) is 35.3 Å². The zero-order chi connectivity index (χ0) is 56.6. The molecule has 0 aromatic carbocycles. The van der Waals surface area contributed by atoms with Crippen LogP contribution in [0.2, 0.25) is 0 Å². The zero-order valence-corrected chi connectivity index (χ0v) is 42.7. The summed E-state index contributed by atoms with van der Waals surface area (Å²) >= 11 is 0. The van der Waals surface area contributed by atoms with Crippen molar-refractivity contribution in [2.24, 2.45) is 41.4 Å². The normalized spacial score (nSPS) is 43.7. The molecule has 69 heavy (non-hydrogen) atoms. The van der Waals surface area contributed by atoms with Crippen LogP contribution < -0.4 is 0 Å². The van der Waals surface area contributed by atoms with Crippen LogP contribution in [0.1, 0.15) is 134 Å². The average molecular weight is 978 g/mol. The summed E-state index contributed by atoms with van der Waals surface area (Å²) in [6.07, 6.45) is 5.88. The number of methoxy groups -OCH3 is 3. The van der Waals surface area contributed by atoms with E-state index < -0.39 is 132 Å². The van der Waals surface area contributed by atoms with Crippen molar-refractivity contribution >= 4 is 29.2 Å². The van der Waals surface area contributed by atoms with Crippen molar-refractivity contribution in [1.29, 1.82) is 0 Å². The number of rotatable bonds is 9. The van der Waals surface area contributed by atoms with Crippen molar-refractivity contribution in [3.05, 3.63) is 47.6 Å². The Labute approximate surface area is 419 Å². The number of ether oxygens (including phenoxy) is 6. The van der Waals surface area contributed by atoms with Crippen molar-refractivity contribution in [3.63, 3.8) is 0 Å². The number of piperidine rings is 1. The fourth-order valence-corrected chi connectivity index (χ4v) is 10.2. The van der Waals surface area contributed by atoms with Crippen molar-refractivity contribution < 1.29 is 75.9 Å². The number of fused-ring (bicyclic) bond motifs is 3. The van der Waals surface area contributed by atoms with Crippen molar-refractivity contribution in [2.75, 3.05) is 41.0 Å². The molecule has 0 aromatic heterocycles. The van der Waals surface area contributed by atoms with Crippen molar-refractivity contribution in [1.82, 2.24) is 4.90 Å². The quantitative estimate of drug-likeness (QED) is 0.129. The van der Waals surface area contributed by atoms with E-state index in [2.05, 4.69) is 0 Å². The average Bonchev–Trinajstić information content (AvgIpc) is 3.34. The number of carbonyl (C=O) groups is 5. The minimum Gasteiger partial charge on any atom is -0.460 e. The number of hydrogen-bond acceptors (Lipinski definition) is 14. The number of aliphatic hydroxyl groups excluding tert-OH is 1. The van der Waals surface area contributed by atoms with Crippen LogP contribution in [0.25, 0.3) is 0 Å². The summed E-state index contributed by atoms with van der Waals surface area (Å²) in [5.74, 6) is -13.6. The van der Waals surface area contributed by atoms with Gasteiger partial charge in [-0.3, -0.25) is 19.2 Å². The van der Waals surface area contributed by atoms with Crippen LogP contribution in [0.5, 0.6) is 0 Å². The topological polar surface area (TPSA) is 205 Å². The molecule has 2 saturated heterocycles. The first-order valence-corrected chi connectivity index (χ1v) is 24.7. The van der Waals surface area contributed by atoms with Crippen LogP contribution in [0, 0.1) is 41.4 Å². The van der Waals surface area contributed by atoms with Gasteiger partial charge in [-0.05, 0) is 106 Å². The number of ketones is 3. The van der Waals surface area contributed by atoms with E-state index in [-0.39, 0.29) is 43.7 Å². The molecular formula is C54H85NO14. The first kappa shape index (κ1) is 49.2. The Bertz CT molecular complexity index is 2130. The summed E-state index contributed by atoms with van der Waals surface area (Å²) in [4.78, 5) is 72.8. The molecule has 3 N–H and O–H groups in total. The van der Waals surface area contributed by atoms with Gasteiger partial charge in [-0.1, -0.05) is 78.0 Å². The summed E-state index contributed by atoms with van der Waals surface area (Å²) in [7, 11) is 4.17. The van der Waals surface area contributed by atoms with E-state index in [0.29, 0.717) is 44.9 Å². The Morgan fingerprint density at radius 3 is 2.29 bits per heavy atom. The number of carbonyl (C=O) groups excluding carboxylic acids is 5. The maximum absolute atomic E-state index is 14.5. The minimum atomic E-state index is -3.29. The lowest BCUT2D eigenvalue weighted by atomic mass is 9.78. The molecule has 1 saturated carbocycles. The minimum absolute atomic E-state index is 0.00452. The van der Waals surface area contributed by atoms with Crippen molar-refractivity contribution in [3.8, 4) is 0 Å². The molecule has 16 atom stereocenters. The number of nitrogens with zero attached hydrogens (tertiary/aromatic N) is 1. The largest absolute Gasteiger partial charge is 0.460 e. The Kier molecular flexibility index (Phi) is 19.5. The van der Waals surface area contributed by atoms with Crippen LogP contribution >= 0.6 is 0 Å². The molecule has 3 fully saturated rings. The molecule has 3 heterocycles. The Morgan fingerprint density at radius 2 is 1.62 bits per heavy atom. The number of aliphatic hydroxyl groups is 3. The van der Waals surface area contributed by atoms with E-state index in [1.165, 1.54) is 61.2 Å². The van der Waals surface area contributed by atoms with Crippen LogP contribution in [0.4, 0.5) is 0 Å². The molecule has 1 unspecified atom stereocenters. The molecule has 1 aliphatic carbocycles. The molecule has 3 aliphatic heterocycles. The molecule has 1 amide bonds. The Morgan fingerprint density at radius 1 is 0.899 bits per heavy atom. The molecule has 15 heteroatoms. The highest BCUT2D eigenvalue weighted by atomic mass is 16.6. The third-order valence-corrected chi connectivity index (χ3v) is 15.1. The number of esters is 1. The molecule has 0 spiro atoms. The fourth-order valence-electron chi connectivity index (χ4n) is 10.2. The maximum Gasteiger partial charge on any atom is 0.329 e. The molecule has 0 radical (unpaired) electrons. The van der Waals surface area contributed by atoms with Crippen LogP contribution in [0.3, 0.4) is 0 Å². The van der Waals surface area contributed by atoms with Gasteiger partial charge in [0.05, 0.1) is 43.0 Å². The number of allylic oxidation sites excluding steroid dienone is 6. The van der Waals surface area contributed by atoms with Gasteiger partial charge in [0.15, 0.2) is 5.78 Å². The van der Waals surface area contributed by atoms with Gasteiger partial charge >= 0.3 is 5.97 Å². The third kappa shape index (κ3) is 15.3. The van der Waals surface area contributed by atoms with Gasteiger partial charge < -0.3 is 48.6 Å². The molecule has 390 valence electrons.